The van der Waals surface area contributed by atoms with Gasteiger partial charge in [-0.05, 0) is 48.9 Å². The molecule has 5 nitrogen and oxygen atoms in total. The van der Waals surface area contributed by atoms with E-state index in [-0.39, 0.29) is 18.3 Å². The number of esters is 1. The summed E-state index contributed by atoms with van der Waals surface area (Å²) < 4.78 is 18.0. The Labute approximate surface area is 139 Å². The highest BCUT2D eigenvalue weighted by atomic mass is 19.1. The monoisotopic (exact) mass is 330 g/mol. The molecule has 1 amide bonds. The van der Waals surface area contributed by atoms with Gasteiger partial charge in [0, 0.05) is 5.69 Å². The fourth-order valence-electron chi connectivity index (χ4n) is 2.14. The molecule has 0 spiro atoms. The highest BCUT2D eigenvalue weighted by Gasteiger charge is 2.06. The first-order chi connectivity index (χ1) is 11.6. The third-order valence-electron chi connectivity index (χ3n) is 3.40. The van der Waals surface area contributed by atoms with E-state index in [1.807, 2.05) is 0 Å². The Morgan fingerprint density at radius 1 is 1.08 bits per heavy atom. The maximum absolute atomic E-state index is 13.4. The molecule has 0 aliphatic carbocycles. The minimum absolute atomic E-state index is 0.118. The quantitative estimate of drug-likeness (QED) is 0.604. The number of halogens is 1. The van der Waals surface area contributed by atoms with E-state index in [0.29, 0.717) is 29.8 Å². The number of anilines is 1. The molecule has 24 heavy (non-hydrogen) atoms. The largest absolute Gasteiger partial charge is 0.465 e. The summed E-state index contributed by atoms with van der Waals surface area (Å²) in [6.07, 6.45) is 0.508. The molecule has 0 fully saturated rings. The van der Waals surface area contributed by atoms with Crippen LogP contribution in [0.5, 0.6) is 0 Å². The minimum Gasteiger partial charge on any atom is -0.465 e. The highest BCUT2D eigenvalue weighted by Crippen LogP contribution is 2.10. The van der Waals surface area contributed by atoms with E-state index in [9.17, 15) is 14.0 Å². The number of ether oxygens (including phenoxy) is 1. The van der Waals surface area contributed by atoms with Crippen LogP contribution in [0.15, 0.2) is 48.5 Å². The lowest BCUT2D eigenvalue weighted by Crippen LogP contribution is -2.29. The summed E-state index contributed by atoms with van der Waals surface area (Å²) in [5.41, 5.74) is 1.62. The number of nitrogens with one attached hydrogen (secondary N) is 2. The Morgan fingerprint density at radius 2 is 1.79 bits per heavy atom. The molecule has 0 aromatic heterocycles. The number of methoxy groups -OCH3 is 1. The molecule has 6 heteroatoms. The smallest absolute Gasteiger partial charge is 0.337 e. The van der Waals surface area contributed by atoms with E-state index >= 15 is 0 Å². The molecule has 0 radical (unpaired) electrons. The first-order valence-electron chi connectivity index (χ1n) is 7.52. The summed E-state index contributed by atoms with van der Waals surface area (Å²) in [4.78, 5) is 23.1. The van der Waals surface area contributed by atoms with Gasteiger partial charge >= 0.3 is 5.97 Å². The van der Waals surface area contributed by atoms with Gasteiger partial charge in [0.05, 0.1) is 19.2 Å². The van der Waals surface area contributed by atoms with Crippen LogP contribution in [0, 0.1) is 5.82 Å². The highest BCUT2D eigenvalue weighted by molar-refractivity contribution is 5.93. The van der Waals surface area contributed by atoms with Gasteiger partial charge in [0.1, 0.15) is 5.82 Å². The van der Waals surface area contributed by atoms with E-state index in [4.69, 9.17) is 0 Å². The van der Waals surface area contributed by atoms with Crippen LogP contribution >= 0.6 is 0 Å². The first-order valence-corrected chi connectivity index (χ1v) is 7.52. The average molecular weight is 330 g/mol. The molecule has 0 aliphatic rings. The normalized spacial score (nSPS) is 10.2. The van der Waals surface area contributed by atoms with Crippen LogP contribution in [0.2, 0.25) is 0 Å². The molecule has 126 valence electrons. The van der Waals surface area contributed by atoms with Crippen LogP contribution in [0.25, 0.3) is 0 Å². The van der Waals surface area contributed by atoms with Gasteiger partial charge in [-0.25, -0.2) is 9.18 Å². The molecule has 2 aromatic rings. The minimum atomic E-state index is -0.428. The van der Waals surface area contributed by atoms with Crippen molar-refractivity contribution in [3.8, 4) is 0 Å². The summed E-state index contributed by atoms with van der Waals surface area (Å²) in [5, 5.41) is 5.68. The number of benzene rings is 2. The van der Waals surface area contributed by atoms with Crippen LogP contribution in [0.4, 0.5) is 10.1 Å². The second kappa shape index (κ2) is 8.79. The molecule has 0 saturated heterocycles. The third-order valence-corrected chi connectivity index (χ3v) is 3.40. The second-order valence-corrected chi connectivity index (χ2v) is 5.14. The number of hydrogen-bond acceptors (Lipinski definition) is 4. The molecule has 2 N–H and O–H groups in total. The SMILES string of the molecule is COC(=O)c1ccc(NC(=O)CNCCc2ccccc2F)cc1. The summed E-state index contributed by atoms with van der Waals surface area (Å²) in [6, 6.07) is 13.0. The number of amides is 1. The molecule has 0 heterocycles. The molecule has 2 aromatic carbocycles. The summed E-state index contributed by atoms with van der Waals surface area (Å²) in [5.74, 6) is -0.883. The van der Waals surface area contributed by atoms with Gasteiger partial charge in [-0.1, -0.05) is 18.2 Å². The van der Waals surface area contributed by atoms with Crippen molar-refractivity contribution in [3.63, 3.8) is 0 Å². The van der Waals surface area contributed by atoms with Gasteiger partial charge in [-0.15, -0.1) is 0 Å². The Hall–Kier alpha value is -2.73. The third kappa shape index (κ3) is 5.17. The Kier molecular flexibility index (Phi) is 6.45. The van der Waals surface area contributed by atoms with Crippen molar-refractivity contribution < 1.29 is 18.7 Å². The molecular weight excluding hydrogens is 311 g/mol. The predicted molar refractivity (Wildman–Crippen MR) is 89.4 cm³/mol. The molecule has 2 rings (SSSR count). The maximum atomic E-state index is 13.4. The molecule has 0 atom stereocenters. The standard InChI is InChI=1S/C18H19FN2O3/c1-24-18(23)14-6-8-15(9-7-14)21-17(22)12-20-11-10-13-4-2-3-5-16(13)19/h2-9,20H,10-12H2,1H3,(H,21,22). The fourth-order valence-corrected chi connectivity index (χ4v) is 2.14. The molecule has 0 aliphatic heterocycles. The summed E-state index contributed by atoms with van der Waals surface area (Å²) in [6.45, 7) is 0.614. The molecule has 0 unspecified atom stereocenters. The van der Waals surface area contributed by atoms with E-state index in [1.165, 1.54) is 13.2 Å². The van der Waals surface area contributed by atoms with Crippen molar-refractivity contribution in [1.82, 2.24) is 5.32 Å². The van der Waals surface area contributed by atoms with E-state index in [1.54, 1.807) is 42.5 Å². The molecule has 0 bridgehead atoms. The van der Waals surface area contributed by atoms with Gasteiger partial charge in [0.2, 0.25) is 5.91 Å². The average Bonchev–Trinajstić information content (AvgIpc) is 2.60. The topological polar surface area (TPSA) is 67.4 Å². The lowest BCUT2D eigenvalue weighted by atomic mass is 10.1. The Balaban J connectivity index is 1.73. The molecule has 0 saturated carbocycles. The van der Waals surface area contributed by atoms with Crippen LogP contribution in [0.1, 0.15) is 15.9 Å². The van der Waals surface area contributed by atoms with Crippen molar-refractivity contribution in [2.24, 2.45) is 0 Å². The van der Waals surface area contributed by atoms with Crippen LogP contribution < -0.4 is 10.6 Å². The van der Waals surface area contributed by atoms with Crippen LogP contribution in [-0.2, 0) is 16.0 Å². The van der Waals surface area contributed by atoms with Crippen molar-refractivity contribution >= 4 is 17.6 Å². The van der Waals surface area contributed by atoms with Gasteiger partial charge in [0.25, 0.3) is 0 Å². The Morgan fingerprint density at radius 3 is 2.46 bits per heavy atom. The fraction of sp³-hybridized carbons (Fsp3) is 0.222. The lowest BCUT2D eigenvalue weighted by molar-refractivity contribution is -0.115. The molecular formula is C18H19FN2O3. The number of hydrogen-bond donors (Lipinski definition) is 2. The van der Waals surface area contributed by atoms with Crippen molar-refractivity contribution in [2.45, 2.75) is 6.42 Å². The second-order valence-electron chi connectivity index (χ2n) is 5.14. The van der Waals surface area contributed by atoms with Gasteiger partial charge in [-0.3, -0.25) is 4.79 Å². The van der Waals surface area contributed by atoms with Gasteiger partial charge in [-0.2, -0.15) is 0 Å². The number of rotatable bonds is 7. The maximum Gasteiger partial charge on any atom is 0.337 e. The number of carbonyl (C=O) groups is 2. The predicted octanol–water partition coefficient (Wildman–Crippen LogP) is 2.38. The van der Waals surface area contributed by atoms with E-state index in [2.05, 4.69) is 15.4 Å². The van der Waals surface area contributed by atoms with Crippen molar-refractivity contribution in [2.75, 3.05) is 25.5 Å². The van der Waals surface area contributed by atoms with E-state index < -0.39 is 5.97 Å². The summed E-state index contributed by atoms with van der Waals surface area (Å²) >= 11 is 0. The lowest BCUT2D eigenvalue weighted by Gasteiger charge is -2.08. The first kappa shape index (κ1) is 17.6. The van der Waals surface area contributed by atoms with Crippen LogP contribution in [-0.4, -0.2) is 32.1 Å². The zero-order chi connectivity index (χ0) is 17.4. The van der Waals surface area contributed by atoms with Gasteiger partial charge in [0.15, 0.2) is 0 Å². The Bertz CT molecular complexity index is 702. The van der Waals surface area contributed by atoms with Crippen LogP contribution in [0.3, 0.4) is 0 Å². The number of carbonyl (C=O) groups excluding carboxylic acids is 2. The zero-order valence-corrected chi connectivity index (χ0v) is 13.3. The summed E-state index contributed by atoms with van der Waals surface area (Å²) in [7, 11) is 1.31. The van der Waals surface area contributed by atoms with Gasteiger partial charge < -0.3 is 15.4 Å². The zero-order valence-electron chi connectivity index (χ0n) is 13.3. The van der Waals surface area contributed by atoms with Crippen molar-refractivity contribution in [3.05, 3.63) is 65.5 Å². The van der Waals surface area contributed by atoms with E-state index in [0.717, 1.165) is 0 Å². The van der Waals surface area contributed by atoms with Crippen molar-refractivity contribution in [1.29, 1.82) is 0 Å².